The zero-order valence-corrected chi connectivity index (χ0v) is 10.6. The molecule has 0 amide bonds. The number of carboxylic acid groups (broad SMARTS) is 1. The molecular weight excluding hydrogens is 303 g/mol. The molecule has 9 heteroatoms. The molecule has 2 N–H and O–H groups in total. The van der Waals surface area contributed by atoms with Crippen molar-refractivity contribution >= 4 is 17.6 Å². The number of halogens is 4. The van der Waals surface area contributed by atoms with Crippen LogP contribution in [0.5, 0.6) is 11.5 Å². The van der Waals surface area contributed by atoms with Gasteiger partial charge >= 0.3 is 12.1 Å². The minimum atomic E-state index is -4.52. The monoisotopic (exact) mass is 311 g/mol. The van der Waals surface area contributed by atoms with Gasteiger partial charge in [0.15, 0.2) is 11.5 Å². The Hall–Kier alpha value is -1.67. The van der Waals surface area contributed by atoms with Gasteiger partial charge in [0, 0.05) is 0 Å². The molecule has 110 valence electrons. The fraction of sp³-hybridized carbons (Fsp3) is 0.364. The molecule has 20 heavy (non-hydrogen) atoms. The Morgan fingerprint density at radius 3 is 2.75 bits per heavy atom. The summed E-state index contributed by atoms with van der Waals surface area (Å²) in [4.78, 5) is 11.1. The highest BCUT2D eigenvalue weighted by Gasteiger charge is 2.32. The molecule has 0 fully saturated rings. The van der Waals surface area contributed by atoms with Crippen LogP contribution in [0.25, 0.3) is 0 Å². The van der Waals surface area contributed by atoms with Crippen molar-refractivity contribution in [2.75, 3.05) is 13.3 Å². The van der Waals surface area contributed by atoms with Crippen molar-refractivity contribution in [2.45, 2.75) is 12.2 Å². The van der Waals surface area contributed by atoms with Crippen LogP contribution in [-0.4, -0.2) is 30.6 Å². The van der Waals surface area contributed by atoms with E-state index in [-0.39, 0.29) is 28.9 Å². The van der Waals surface area contributed by atoms with Crippen LogP contribution in [-0.2, 0) is 4.79 Å². The van der Waals surface area contributed by atoms with E-state index in [1.165, 1.54) is 12.1 Å². The van der Waals surface area contributed by atoms with Gasteiger partial charge in [-0.25, -0.2) is 0 Å². The number of carbonyl (C=O) groups is 1. The first-order valence-corrected chi connectivity index (χ1v) is 5.78. The van der Waals surface area contributed by atoms with Crippen LogP contribution in [0, 0.1) is 0 Å². The summed E-state index contributed by atoms with van der Waals surface area (Å²) in [6, 6.07) is 0.969. The van der Waals surface area contributed by atoms with Crippen molar-refractivity contribution in [3.05, 3.63) is 22.7 Å². The zero-order chi connectivity index (χ0) is 14.9. The average Bonchev–Trinajstić information content (AvgIpc) is 2.75. The molecular formula is C11H9ClF3NO4. The second-order valence-electron chi connectivity index (χ2n) is 4.00. The summed E-state index contributed by atoms with van der Waals surface area (Å²) in [5, 5.41) is 11.0. The van der Waals surface area contributed by atoms with Crippen LogP contribution >= 0.6 is 11.6 Å². The van der Waals surface area contributed by atoms with E-state index in [4.69, 9.17) is 26.2 Å². The first kappa shape index (κ1) is 14.7. The molecule has 0 spiro atoms. The van der Waals surface area contributed by atoms with Crippen molar-refractivity contribution in [3.63, 3.8) is 0 Å². The Bertz CT molecular complexity index is 535. The highest BCUT2D eigenvalue weighted by Crippen LogP contribution is 2.41. The molecule has 0 aliphatic carbocycles. The molecule has 5 nitrogen and oxygen atoms in total. The third kappa shape index (κ3) is 3.26. The maximum Gasteiger partial charge on any atom is 0.401 e. The van der Waals surface area contributed by atoms with Gasteiger partial charge in [-0.1, -0.05) is 11.6 Å². The van der Waals surface area contributed by atoms with Crippen molar-refractivity contribution in [3.8, 4) is 11.5 Å². The molecule has 1 aromatic carbocycles. The molecule has 0 saturated carbocycles. The number of hydrogen-bond acceptors (Lipinski definition) is 4. The highest BCUT2D eigenvalue weighted by molar-refractivity contribution is 6.32. The van der Waals surface area contributed by atoms with Gasteiger partial charge in [-0.05, 0) is 17.7 Å². The number of benzene rings is 1. The summed E-state index contributed by atoms with van der Waals surface area (Å²) < 4.78 is 46.6. The summed E-state index contributed by atoms with van der Waals surface area (Å²) in [5.74, 6) is -1.01. The van der Waals surface area contributed by atoms with Crippen LogP contribution in [0.3, 0.4) is 0 Å². The van der Waals surface area contributed by atoms with E-state index in [1.54, 1.807) is 0 Å². The minimum Gasteiger partial charge on any atom is -0.480 e. The van der Waals surface area contributed by atoms with Crippen molar-refractivity contribution in [1.82, 2.24) is 5.32 Å². The normalized spacial score (nSPS) is 15.2. The minimum absolute atomic E-state index is 0.0519. The topological polar surface area (TPSA) is 67.8 Å². The van der Waals surface area contributed by atoms with Crippen LogP contribution in [0.4, 0.5) is 13.2 Å². The standard InChI is InChI=1S/C11H9ClF3NO4/c12-6-1-5(2-7-9(6)20-4-19-7)8(10(17)18)16-3-11(13,14)15/h1-2,8,16H,3-4H2,(H,17,18). The van der Waals surface area contributed by atoms with E-state index in [2.05, 4.69) is 0 Å². The van der Waals surface area contributed by atoms with Gasteiger partial charge in [-0.15, -0.1) is 0 Å². The number of aliphatic carboxylic acids is 1. The maximum absolute atomic E-state index is 12.2. The Balaban J connectivity index is 2.26. The summed E-state index contributed by atoms with van der Waals surface area (Å²) in [6.45, 7) is -1.51. The van der Waals surface area contributed by atoms with Crippen molar-refractivity contribution < 1.29 is 32.5 Å². The van der Waals surface area contributed by atoms with E-state index >= 15 is 0 Å². The molecule has 0 saturated heterocycles. The lowest BCUT2D eigenvalue weighted by molar-refractivity contribution is -0.143. The van der Waals surface area contributed by atoms with E-state index in [1.807, 2.05) is 5.32 Å². The SMILES string of the molecule is O=C(O)C(NCC(F)(F)F)c1cc(Cl)c2c(c1)OCO2. The molecule has 1 atom stereocenters. The molecule has 1 aromatic rings. The first-order valence-electron chi connectivity index (χ1n) is 5.40. The molecule has 1 unspecified atom stereocenters. The average molecular weight is 312 g/mol. The quantitative estimate of drug-likeness (QED) is 0.893. The lowest BCUT2D eigenvalue weighted by Crippen LogP contribution is -2.36. The van der Waals surface area contributed by atoms with E-state index in [0.29, 0.717) is 0 Å². The maximum atomic E-state index is 12.2. The van der Waals surface area contributed by atoms with Crippen LogP contribution in [0.15, 0.2) is 12.1 Å². The van der Waals surface area contributed by atoms with E-state index in [0.717, 1.165) is 0 Å². The van der Waals surface area contributed by atoms with Crippen molar-refractivity contribution in [1.29, 1.82) is 0 Å². The summed E-state index contributed by atoms with van der Waals surface area (Å²) >= 11 is 5.87. The molecule has 0 bridgehead atoms. The molecule has 1 heterocycles. The van der Waals surface area contributed by atoms with E-state index in [9.17, 15) is 18.0 Å². The second-order valence-corrected chi connectivity index (χ2v) is 4.41. The predicted molar refractivity (Wildman–Crippen MR) is 62.0 cm³/mol. The Kier molecular flexibility index (Phi) is 3.96. The lowest BCUT2D eigenvalue weighted by atomic mass is 10.1. The second kappa shape index (κ2) is 5.37. The largest absolute Gasteiger partial charge is 0.480 e. The number of rotatable bonds is 4. The fourth-order valence-corrected chi connectivity index (χ4v) is 1.99. The van der Waals surface area contributed by atoms with Gasteiger partial charge in [0.25, 0.3) is 0 Å². The fourth-order valence-electron chi connectivity index (χ4n) is 1.72. The van der Waals surface area contributed by atoms with Gasteiger partial charge in [0.1, 0.15) is 6.04 Å². The smallest absolute Gasteiger partial charge is 0.401 e. The van der Waals surface area contributed by atoms with Crippen LogP contribution in [0.2, 0.25) is 5.02 Å². The Labute approximate surface area is 116 Å². The molecule has 0 aromatic heterocycles. The van der Waals surface area contributed by atoms with Gasteiger partial charge in [-0.2, -0.15) is 13.2 Å². The molecule has 1 aliphatic rings. The highest BCUT2D eigenvalue weighted by atomic mass is 35.5. The van der Waals surface area contributed by atoms with Crippen LogP contribution in [0.1, 0.15) is 11.6 Å². The summed E-state index contributed by atoms with van der Waals surface area (Å²) in [5.41, 5.74) is 0.0519. The third-order valence-corrected chi connectivity index (χ3v) is 2.82. The van der Waals surface area contributed by atoms with Gasteiger partial charge in [0.05, 0.1) is 11.6 Å². The number of alkyl halides is 3. The molecule has 2 rings (SSSR count). The van der Waals surface area contributed by atoms with Crippen LogP contribution < -0.4 is 14.8 Å². The summed E-state index contributed by atoms with van der Waals surface area (Å²) in [7, 11) is 0. The molecule has 1 aliphatic heterocycles. The number of fused-ring (bicyclic) bond motifs is 1. The number of carboxylic acids is 1. The number of hydrogen-bond donors (Lipinski definition) is 2. The van der Waals surface area contributed by atoms with Gasteiger partial charge in [0.2, 0.25) is 6.79 Å². The van der Waals surface area contributed by atoms with Crippen molar-refractivity contribution in [2.24, 2.45) is 0 Å². The zero-order valence-electron chi connectivity index (χ0n) is 9.83. The Morgan fingerprint density at radius 2 is 2.15 bits per heavy atom. The van der Waals surface area contributed by atoms with E-state index < -0.39 is 24.7 Å². The van der Waals surface area contributed by atoms with Gasteiger partial charge < -0.3 is 14.6 Å². The van der Waals surface area contributed by atoms with Gasteiger partial charge in [-0.3, -0.25) is 10.1 Å². The first-order chi connectivity index (χ1) is 9.28. The Morgan fingerprint density at radius 1 is 1.45 bits per heavy atom. The lowest BCUT2D eigenvalue weighted by Gasteiger charge is -2.17. The third-order valence-electron chi connectivity index (χ3n) is 2.54. The number of nitrogens with one attached hydrogen (secondary N) is 1. The molecule has 0 radical (unpaired) electrons. The predicted octanol–water partition coefficient (Wildman–Crippen LogP) is 2.35. The summed E-state index contributed by atoms with van der Waals surface area (Å²) in [6.07, 6.45) is -4.52. The number of ether oxygens (including phenoxy) is 2.